The van der Waals surface area contributed by atoms with Crippen molar-refractivity contribution in [3.8, 4) is 11.5 Å². The molecule has 2 heterocycles. The maximum atomic E-state index is 13.7. The van der Waals surface area contributed by atoms with E-state index in [1.807, 2.05) is 5.38 Å². The largest absolute Gasteiger partial charge is 0.411 e. The molecule has 0 spiro atoms. The molecule has 3 rings (SSSR count). The van der Waals surface area contributed by atoms with Crippen molar-refractivity contribution in [2.75, 3.05) is 11.1 Å². The molecular formula is C17H17FN4O2S2. The third kappa shape index (κ3) is 4.47. The molecule has 9 heteroatoms. The molecular weight excluding hydrogens is 375 g/mol. The average Bonchev–Trinajstić information content (AvgIpc) is 3.22. The van der Waals surface area contributed by atoms with E-state index in [1.54, 1.807) is 18.2 Å². The first-order valence-corrected chi connectivity index (χ1v) is 9.66. The highest BCUT2D eigenvalue weighted by molar-refractivity contribution is 7.99. The molecule has 0 bridgehead atoms. The van der Waals surface area contributed by atoms with Crippen LogP contribution in [0.5, 0.6) is 0 Å². The average molecular weight is 392 g/mol. The van der Waals surface area contributed by atoms with E-state index in [4.69, 9.17) is 4.42 Å². The summed E-state index contributed by atoms with van der Waals surface area (Å²) in [5.41, 5.74) is 1.09. The van der Waals surface area contributed by atoms with E-state index >= 15 is 0 Å². The maximum Gasteiger partial charge on any atom is 0.277 e. The molecule has 0 unspecified atom stereocenters. The predicted molar refractivity (Wildman–Crippen MR) is 99.9 cm³/mol. The van der Waals surface area contributed by atoms with Gasteiger partial charge in [0.25, 0.3) is 11.1 Å². The van der Waals surface area contributed by atoms with Gasteiger partial charge >= 0.3 is 0 Å². The molecule has 0 aliphatic rings. The van der Waals surface area contributed by atoms with E-state index in [-0.39, 0.29) is 33.8 Å². The van der Waals surface area contributed by atoms with E-state index < -0.39 is 5.82 Å². The summed E-state index contributed by atoms with van der Waals surface area (Å²) in [5, 5.41) is 13.1. The minimum atomic E-state index is -0.441. The van der Waals surface area contributed by atoms with E-state index in [2.05, 4.69) is 41.3 Å². The Morgan fingerprint density at radius 3 is 2.77 bits per heavy atom. The molecule has 26 heavy (non-hydrogen) atoms. The minimum absolute atomic E-state index is 0.0684. The molecule has 0 aliphatic heterocycles. The van der Waals surface area contributed by atoms with E-state index in [9.17, 15) is 9.18 Å². The third-order valence-corrected chi connectivity index (χ3v) is 4.93. The fourth-order valence-corrected chi connectivity index (χ4v) is 3.49. The zero-order valence-corrected chi connectivity index (χ0v) is 16.1. The third-order valence-electron chi connectivity index (χ3n) is 3.36. The summed E-state index contributed by atoms with van der Waals surface area (Å²) in [4.78, 5) is 16.5. The monoisotopic (exact) mass is 392 g/mol. The predicted octanol–water partition coefficient (Wildman–Crippen LogP) is 4.36. The molecule has 1 N–H and O–H groups in total. The first-order valence-electron chi connectivity index (χ1n) is 7.80. The number of halogens is 1. The summed E-state index contributed by atoms with van der Waals surface area (Å²) in [6.07, 6.45) is 0. The molecule has 0 saturated carbocycles. The molecule has 0 fully saturated rings. The Balaban J connectivity index is 1.57. The number of anilines is 1. The number of hydrogen-bond donors (Lipinski definition) is 1. The Kier molecular flexibility index (Phi) is 5.38. The second kappa shape index (κ2) is 7.55. The van der Waals surface area contributed by atoms with Crippen molar-refractivity contribution in [3.63, 3.8) is 0 Å². The van der Waals surface area contributed by atoms with E-state index in [1.165, 1.54) is 17.4 Å². The van der Waals surface area contributed by atoms with Crippen LogP contribution in [-0.2, 0) is 10.2 Å². The first kappa shape index (κ1) is 18.5. The summed E-state index contributed by atoms with van der Waals surface area (Å²) < 4.78 is 19.1. The van der Waals surface area contributed by atoms with Gasteiger partial charge in [0.1, 0.15) is 5.82 Å². The summed E-state index contributed by atoms with van der Waals surface area (Å²) in [6.45, 7) is 6.19. The van der Waals surface area contributed by atoms with Crippen molar-refractivity contribution in [3.05, 3.63) is 41.2 Å². The molecule has 0 atom stereocenters. The van der Waals surface area contributed by atoms with Gasteiger partial charge < -0.3 is 9.73 Å². The summed E-state index contributed by atoms with van der Waals surface area (Å²) in [7, 11) is 0. The van der Waals surface area contributed by atoms with Crippen LogP contribution in [0.3, 0.4) is 0 Å². The Morgan fingerprint density at radius 2 is 2.08 bits per heavy atom. The number of aromatic nitrogens is 3. The number of thiazole rings is 1. The van der Waals surface area contributed by atoms with Crippen LogP contribution in [0, 0.1) is 5.82 Å². The van der Waals surface area contributed by atoms with Crippen LogP contribution in [0.2, 0.25) is 0 Å². The lowest BCUT2D eigenvalue weighted by Crippen LogP contribution is -2.15. The van der Waals surface area contributed by atoms with Gasteiger partial charge in [-0.15, -0.1) is 21.5 Å². The Labute approximate surface area is 158 Å². The lowest BCUT2D eigenvalue weighted by Gasteiger charge is -2.14. The topological polar surface area (TPSA) is 80.9 Å². The molecule has 6 nitrogen and oxygen atoms in total. The van der Waals surface area contributed by atoms with Gasteiger partial charge in [-0.05, 0) is 12.1 Å². The number of amides is 1. The number of thioether (sulfide) groups is 1. The molecule has 0 saturated heterocycles. The molecule has 1 amide bonds. The molecule has 0 radical (unpaired) electrons. The van der Waals surface area contributed by atoms with E-state index in [0.29, 0.717) is 5.13 Å². The number of carbonyl (C=O) groups is 1. The number of nitrogens with zero attached hydrogens (tertiary/aromatic N) is 3. The van der Waals surface area contributed by atoms with Crippen LogP contribution in [0.4, 0.5) is 9.52 Å². The standard InChI is InChI=1S/C17H17FN4O2S2/c1-17(2,3)12-8-25-15(19-12)20-13(23)9-26-16-22-21-14(24-16)10-6-4-5-7-11(10)18/h4-8H,9H2,1-3H3,(H,19,20,23). The normalized spacial score (nSPS) is 11.5. The molecule has 136 valence electrons. The smallest absolute Gasteiger partial charge is 0.277 e. The van der Waals surface area contributed by atoms with Crippen molar-refractivity contribution >= 4 is 34.1 Å². The van der Waals surface area contributed by atoms with Gasteiger partial charge in [-0.3, -0.25) is 4.79 Å². The zero-order valence-electron chi connectivity index (χ0n) is 14.4. The van der Waals surface area contributed by atoms with Gasteiger partial charge in [-0.1, -0.05) is 44.7 Å². The van der Waals surface area contributed by atoms with Crippen molar-refractivity contribution < 1.29 is 13.6 Å². The lowest BCUT2D eigenvalue weighted by atomic mass is 9.93. The highest BCUT2D eigenvalue weighted by atomic mass is 32.2. The van der Waals surface area contributed by atoms with Crippen molar-refractivity contribution in [1.29, 1.82) is 0 Å². The van der Waals surface area contributed by atoms with Gasteiger partial charge in [0, 0.05) is 10.8 Å². The SMILES string of the molecule is CC(C)(C)c1csc(NC(=O)CSc2nnc(-c3ccccc3F)o2)n1. The van der Waals surface area contributed by atoms with Crippen molar-refractivity contribution in [1.82, 2.24) is 15.2 Å². The minimum Gasteiger partial charge on any atom is -0.411 e. The Hall–Kier alpha value is -2.26. The van der Waals surface area contributed by atoms with Gasteiger partial charge in [0.05, 0.1) is 17.0 Å². The number of benzene rings is 1. The van der Waals surface area contributed by atoms with E-state index in [0.717, 1.165) is 17.5 Å². The number of rotatable bonds is 5. The van der Waals surface area contributed by atoms with Crippen LogP contribution in [0.1, 0.15) is 26.5 Å². The Morgan fingerprint density at radius 1 is 1.31 bits per heavy atom. The van der Waals surface area contributed by atoms with Gasteiger partial charge in [-0.25, -0.2) is 9.37 Å². The molecule has 1 aromatic carbocycles. The van der Waals surface area contributed by atoms with Gasteiger partial charge in [0.15, 0.2) is 5.13 Å². The second-order valence-electron chi connectivity index (χ2n) is 6.48. The van der Waals surface area contributed by atoms with Gasteiger partial charge in [0.2, 0.25) is 5.91 Å². The molecule has 3 aromatic rings. The zero-order chi connectivity index (χ0) is 18.7. The molecule has 0 aliphatic carbocycles. The van der Waals surface area contributed by atoms with Crippen molar-refractivity contribution in [2.24, 2.45) is 0 Å². The first-order chi connectivity index (χ1) is 12.3. The lowest BCUT2D eigenvalue weighted by molar-refractivity contribution is -0.113. The van der Waals surface area contributed by atoms with Crippen LogP contribution < -0.4 is 5.32 Å². The van der Waals surface area contributed by atoms with Crippen molar-refractivity contribution in [2.45, 2.75) is 31.4 Å². The summed E-state index contributed by atoms with van der Waals surface area (Å²) >= 11 is 2.47. The summed E-state index contributed by atoms with van der Waals surface area (Å²) in [6, 6.07) is 6.14. The number of carbonyl (C=O) groups excluding carboxylic acids is 1. The quantitative estimate of drug-likeness (QED) is 0.650. The highest BCUT2D eigenvalue weighted by Gasteiger charge is 2.19. The number of hydrogen-bond acceptors (Lipinski definition) is 7. The molecule has 2 aromatic heterocycles. The number of nitrogens with one attached hydrogen (secondary N) is 1. The highest BCUT2D eigenvalue weighted by Crippen LogP contribution is 2.27. The Bertz CT molecular complexity index is 917. The van der Waals surface area contributed by atoms with Gasteiger partial charge in [-0.2, -0.15) is 0 Å². The summed E-state index contributed by atoms with van der Waals surface area (Å²) in [5.74, 6) is -0.497. The van der Waals surface area contributed by atoms with Crippen LogP contribution in [0.25, 0.3) is 11.5 Å². The maximum absolute atomic E-state index is 13.7. The van der Waals surface area contributed by atoms with Crippen LogP contribution >= 0.6 is 23.1 Å². The fraction of sp³-hybridized carbons (Fsp3) is 0.294. The van der Waals surface area contributed by atoms with Crippen LogP contribution in [-0.4, -0.2) is 26.8 Å². The van der Waals surface area contributed by atoms with Crippen LogP contribution in [0.15, 0.2) is 39.3 Å². The second-order valence-corrected chi connectivity index (χ2v) is 8.26. The fourth-order valence-electron chi connectivity index (χ4n) is 1.97.